The van der Waals surface area contributed by atoms with Crippen LogP contribution in [0.15, 0.2) is 89.8 Å². The van der Waals surface area contributed by atoms with Gasteiger partial charge < -0.3 is 14.0 Å². The maximum absolute atomic E-state index is 7.83. The van der Waals surface area contributed by atoms with Crippen molar-refractivity contribution < 1.29 is 25.9 Å². The molecule has 5 heterocycles. The maximum atomic E-state index is 7.83. The third-order valence-electron chi connectivity index (χ3n) is 6.25. The Kier molecular flexibility index (Phi) is 6.78. The molecule has 0 spiro atoms. The number of imidazole rings is 1. The van der Waals surface area contributed by atoms with E-state index in [-0.39, 0.29) is 26.4 Å². The number of hydrogen-bond acceptors (Lipinski definition) is 5. The molecule has 0 unspecified atom stereocenters. The van der Waals surface area contributed by atoms with Crippen molar-refractivity contribution in [2.75, 3.05) is 0 Å². The Morgan fingerprint density at radius 2 is 1.76 bits per heavy atom. The summed E-state index contributed by atoms with van der Waals surface area (Å²) in [7, 11) is 0. The third kappa shape index (κ3) is 4.74. The monoisotopic (exact) mass is 675 g/mol. The average Bonchev–Trinajstić information content (AvgIpc) is 3.47. The molecule has 0 aliphatic heterocycles. The number of para-hydroxylation sites is 1. The Bertz CT molecular complexity index is 1930. The summed E-state index contributed by atoms with van der Waals surface area (Å²) in [6, 6.07) is 27.5. The van der Waals surface area contributed by atoms with Crippen molar-refractivity contribution in [3.63, 3.8) is 0 Å². The molecule has 0 saturated carbocycles. The van der Waals surface area contributed by atoms with Crippen LogP contribution in [0.5, 0.6) is 0 Å². The van der Waals surface area contributed by atoms with Gasteiger partial charge in [0.1, 0.15) is 6.89 Å². The summed E-state index contributed by atoms with van der Waals surface area (Å²) in [5.41, 5.74) is 8.76. The van der Waals surface area contributed by atoms with E-state index in [0.29, 0.717) is 11.4 Å². The second-order valence-electron chi connectivity index (χ2n) is 8.80. The van der Waals surface area contributed by atoms with Gasteiger partial charge in [0.05, 0.1) is 11.9 Å². The van der Waals surface area contributed by atoms with Crippen LogP contribution in [0, 0.1) is 32.9 Å². The molecule has 0 N–H and O–H groups in total. The van der Waals surface area contributed by atoms with Crippen molar-refractivity contribution in [1.29, 1.82) is 0 Å². The first-order valence-electron chi connectivity index (χ1n) is 12.4. The van der Waals surface area contributed by atoms with Crippen LogP contribution in [0.3, 0.4) is 0 Å². The summed E-state index contributed by atoms with van der Waals surface area (Å²) in [5.74, 6) is 0. The second kappa shape index (κ2) is 10.7. The van der Waals surface area contributed by atoms with Crippen molar-refractivity contribution in [2.45, 2.75) is 20.8 Å². The molecule has 2 aromatic carbocycles. The van der Waals surface area contributed by atoms with Crippen LogP contribution in [0.25, 0.3) is 50.2 Å². The van der Waals surface area contributed by atoms with Crippen molar-refractivity contribution in [3.05, 3.63) is 114 Å². The van der Waals surface area contributed by atoms with Gasteiger partial charge in [-0.15, -0.1) is 24.3 Å². The summed E-state index contributed by atoms with van der Waals surface area (Å²) < 4.78 is 15.5. The normalized spacial score (nSPS) is 11.2. The van der Waals surface area contributed by atoms with Crippen molar-refractivity contribution in [3.8, 4) is 16.9 Å². The van der Waals surface area contributed by atoms with E-state index in [1.165, 1.54) is 11.1 Å². The minimum atomic E-state index is 0. The maximum Gasteiger partial charge on any atom is 0.216 e. The number of nitrogens with zero attached hydrogens (tertiary/aromatic N) is 5. The van der Waals surface area contributed by atoms with Crippen LogP contribution < -0.4 is 0 Å². The van der Waals surface area contributed by atoms with Gasteiger partial charge in [0.2, 0.25) is 5.71 Å². The zero-order valence-electron chi connectivity index (χ0n) is 22.0. The minimum Gasteiger partial charge on any atom is -0.486 e. The number of pyridine rings is 3. The average molecular weight is 675 g/mol. The first-order chi connectivity index (χ1) is 18.5. The molecule has 5 aromatic heterocycles. The van der Waals surface area contributed by atoms with Crippen LogP contribution in [-0.2, 0) is 20.1 Å². The number of furan rings is 1. The van der Waals surface area contributed by atoms with Gasteiger partial charge in [-0.1, -0.05) is 28.3 Å². The van der Waals surface area contributed by atoms with Crippen LogP contribution in [0.4, 0.5) is 0 Å². The van der Waals surface area contributed by atoms with Gasteiger partial charge in [-0.25, -0.2) is 15.0 Å². The summed E-state index contributed by atoms with van der Waals surface area (Å²) in [4.78, 5) is 17.4. The van der Waals surface area contributed by atoms with Gasteiger partial charge in [0.25, 0.3) is 0 Å². The summed E-state index contributed by atoms with van der Waals surface area (Å²) in [5, 5.41) is 2.08. The number of fused-ring (bicyclic) bond motifs is 4. The van der Waals surface area contributed by atoms with Crippen molar-refractivity contribution in [1.82, 2.24) is 24.5 Å². The SMILES string of the molecule is Cc1ccc2c(n1)oc1c(-c3cc(C)c(C)cn3)[c-]ccc12.[2H]c1nc2cccnc2n1-c1[c-]cccc1.[Ir]. The van der Waals surface area contributed by atoms with Crippen molar-refractivity contribution in [2.24, 2.45) is 0 Å². The van der Waals surface area contributed by atoms with E-state index in [0.717, 1.165) is 44.5 Å². The smallest absolute Gasteiger partial charge is 0.216 e. The Labute approximate surface area is 235 Å². The molecule has 0 fully saturated rings. The fourth-order valence-corrected chi connectivity index (χ4v) is 4.16. The van der Waals surface area contributed by atoms with E-state index < -0.39 is 0 Å². The zero-order valence-corrected chi connectivity index (χ0v) is 23.4. The third-order valence-corrected chi connectivity index (χ3v) is 6.25. The molecule has 189 valence electrons. The molecule has 1 radical (unpaired) electrons. The fourth-order valence-electron chi connectivity index (χ4n) is 4.16. The molecule has 0 bridgehead atoms. The van der Waals surface area contributed by atoms with E-state index in [1.54, 1.807) is 10.8 Å². The molecule has 7 rings (SSSR count). The van der Waals surface area contributed by atoms with Gasteiger partial charge >= 0.3 is 0 Å². The number of hydrogen-bond donors (Lipinski definition) is 0. The molecule has 0 aliphatic carbocycles. The molecule has 0 atom stereocenters. The van der Waals surface area contributed by atoms with E-state index in [1.807, 2.05) is 67.7 Å². The summed E-state index contributed by atoms with van der Waals surface area (Å²) in [6.45, 7) is 6.11. The molecule has 0 saturated heterocycles. The molecular weight excluding hydrogens is 651 g/mol. The molecule has 0 aliphatic rings. The van der Waals surface area contributed by atoms with Crippen LogP contribution >= 0.6 is 0 Å². The molecule has 6 nitrogen and oxygen atoms in total. The molecule has 38 heavy (non-hydrogen) atoms. The van der Waals surface area contributed by atoms with E-state index in [4.69, 9.17) is 5.79 Å². The number of aryl methyl sites for hydroxylation is 3. The largest absolute Gasteiger partial charge is 0.486 e. The molecular formula is C31H23IrN5O-2. The molecule has 7 heteroatoms. The second-order valence-corrected chi connectivity index (χ2v) is 8.80. The van der Waals surface area contributed by atoms with E-state index >= 15 is 0 Å². The van der Waals surface area contributed by atoms with Crippen LogP contribution in [0.2, 0.25) is 0 Å². The van der Waals surface area contributed by atoms with Gasteiger partial charge in [0.15, 0.2) is 5.65 Å². The standard InChI is InChI=1S/C19H15N2O.C12H8N3.Ir/c1-11-9-17(20-10-12(11)2)16-6-4-5-14-15-8-7-13(3)21-19(15)22-18(14)16;1-2-5-10(6-3-1)15-9-14-11-7-4-8-13-12(11)15;/h4-5,7-10H,1-3H3;1-5,7-9H;/q2*-1;/i;9D;. The Morgan fingerprint density at radius 3 is 2.58 bits per heavy atom. The zero-order chi connectivity index (χ0) is 26.2. The minimum absolute atomic E-state index is 0. The predicted molar refractivity (Wildman–Crippen MR) is 145 cm³/mol. The quantitative estimate of drug-likeness (QED) is 0.185. The first kappa shape index (κ1) is 24.2. The Morgan fingerprint density at radius 1 is 0.868 bits per heavy atom. The molecule has 7 aromatic rings. The first-order valence-corrected chi connectivity index (χ1v) is 11.9. The number of rotatable bonds is 2. The van der Waals surface area contributed by atoms with Gasteiger partial charge in [0, 0.05) is 43.6 Å². The van der Waals surface area contributed by atoms with Crippen LogP contribution in [-0.4, -0.2) is 24.5 Å². The summed E-state index contributed by atoms with van der Waals surface area (Å²) >= 11 is 0. The van der Waals surface area contributed by atoms with E-state index in [2.05, 4.69) is 58.0 Å². The topological polar surface area (TPSA) is 69.6 Å². The van der Waals surface area contributed by atoms with Crippen molar-refractivity contribution >= 4 is 33.2 Å². The predicted octanol–water partition coefficient (Wildman–Crippen LogP) is 6.99. The number of aromatic nitrogens is 5. The Hall–Kier alpha value is -4.19. The van der Waals surface area contributed by atoms with E-state index in [9.17, 15) is 0 Å². The van der Waals surface area contributed by atoms with Gasteiger partial charge in [-0.3, -0.25) is 0 Å². The van der Waals surface area contributed by atoms with Crippen LogP contribution in [0.1, 0.15) is 18.2 Å². The summed E-state index contributed by atoms with van der Waals surface area (Å²) in [6.07, 6.45) is 3.77. The van der Waals surface area contributed by atoms with Gasteiger partial charge in [-0.2, -0.15) is 24.3 Å². The Balaban J connectivity index is 0.000000161. The molecule has 0 amide bonds. The fraction of sp³-hybridized carbons (Fsp3) is 0.0968. The number of benzene rings is 2. The van der Waals surface area contributed by atoms with Gasteiger partial charge in [-0.05, 0) is 56.3 Å².